The Bertz CT molecular complexity index is 1640. The molecule has 63 heavy (non-hydrogen) atoms. The fraction of sp³-hybridized carbons (Fsp3) is 0.524. The Morgan fingerprint density at radius 3 is 1.59 bits per heavy atom. The maximum atomic E-state index is 11.9. The maximum absolute atomic E-state index is 11.9. The molecule has 21 heteroatoms. The van der Waals surface area contributed by atoms with Gasteiger partial charge in [-0.25, -0.2) is 0 Å². The number of alkyl halides is 1. The van der Waals surface area contributed by atoms with E-state index in [1.54, 1.807) is 67.5 Å². The molecule has 3 amide bonds. The van der Waals surface area contributed by atoms with Crippen molar-refractivity contribution < 1.29 is 95.3 Å². The molecule has 3 fully saturated rings. The van der Waals surface area contributed by atoms with Crippen LogP contribution in [0.4, 0.5) is 0 Å². The number of allylic oxidation sites excluding steroid dienone is 2. The van der Waals surface area contributed by atoms with E-state index in [0.717, 1.165) is 81.4 Å². The van der Waals surface area contributed by atoms with Crippen molar-refractivity contribution in [2.24, 2.45) is 0 Å². The molecule has 1 atom stereocenters. The van der Waals surface area contributed by atoms with E-state index < -0.39 is 5.85 Å². The number of pyridine rings is 2. The van der Waals surface area contributed by atoms with Crippen LogP contribution in [0.15, 0.2) is 78.5 Å². The van der Waals surface area contributed by atoms with E-state index >= 15 is 0 Å². The van der Waals surface area contributed by atoms with E-state index in [1.165, 1.54) is 24.4 Å². The zero-order chi connectivity index (χ0) is 48.0. The first-order chi connectivity index (χ1) is 30.3. The van der Waals surface area contributed by atoms with E-state index in [4.69, 9.17) is 4.19 Å². The zero-order valence-corrected chi connectivity index (χ0v) is 41.6. The number of amides is 3. The van der Waals surface area contributed by atoms with Crippen molar-refractivity contribution in [1.29, 1.82) is 0 Å². The van der Waals surface area contributed by atoms with E-state index in [9.17, 15) is 34.5 Å². The molecule has 0 aromatic carbocycles. The van der Waals surface area contributed by atoms with Gasteiger partial charge in [-0.05, 0) is 119 Å². The number of nitrogens with zero attached hydrogens (tertiary/aromatic N) is 3. The molecule has 0 saturated carbocycles. The molecule has 5 aliphatic heterocycles. The van der Waals surface area contributed by atoms with E-state index in [1.807, 2.05) is 0 Å². The van der Waals surface area contributed by atoms with Crippen molar-refractivity contribution >= 4 is 78.8 Å². The third-order valence-corrected chi connectivity index (χ3v) is 8.26. The number of likely N-dealkylation sites (tertiary alicyclic amines) is 1. The second-order valence-corrected chi connectivity index (χ2v) is 12.5. The van der Waals surface area contributed by atoms with Crippen LogP contribution in [0.25, 0.3) is 5.76 Å². The van der Waals surface area contributed by atoms with Gasteiger partial charge >= 0.3 is 56.6 Å². The number of nitrogens with one attached hydrogen (secondary N) is 4. The van der Waals surface area contributed by atoms with Crippen LogP contribution in [-0.2, 0) is 14.4 Å². The number of halogens is 1. The van der Waals surface area contributed by atoms with Gasteiger partial charge in [0, 0.05) is 87.9 Å². The van der Waals surface area contributed by atoms with Crippen molar-refractivity contribution in [3.05, 3.63) is 89.7 Å². The van der Waals surface area contributed by atoms with Gasteiger partial charge < -0.3 is 41.5 Å². The number of hydrogen-bond donors (Lipinski definition) is 7. The molecule has 1 unspecified atom stereocenters. The summed E-state index contributed by atoms with van der Waals surface area (Å²) in [7, 11) is 0. The minimum atomic E-state index is -0.659. The summed E-state index contributed by atoms with van der Waals surface area (Å²) >= 11 is 15.6. The SMILES string of the molecule is CC(=O)c1cccnc1.CCl.CS.CS.O=C1CCCCN1.O=C1NCCC/C1=C(/[O-])c1cccnc1.[3H]C(S)N1CCCCC1=O.[3H]N1CCCC=C1[O-].[3H]N1CCCC=C1[O-].[Li+].[Li+].[Li+]. The van der Waals surface area contributed by atoms with Gasteiger partial charge in [-0.15, -0.1) is 11.6 Å². The standard InChI is InChI=1S/C11H12N2O2.C7H7NO.C6H11NOS.3C5H9NO.CH3Cl.2CH4S.3Li/c14-10(8-3-1-5-12-7-8)9-4-2-6-13-11(9)15;1-6(9)7-3-2-4-8-5-7;8-6-3-1-2-4-7(6)5-9;3*7-5-3-1-2-4-6-5;3*1-2;;;/h1,3,5,7,14H,2,4,6H2,(H,13,15);2-5H,1H3;9H,1-5H2;1-4H2,(H,6,7);2*3,6-7H,1-2,4H2;1H3;2*2H,1H3;;;/q;;;;;;;;;3*+1/p-3/b10-9-;;;;;;;;;;;/i;;5T;;;;;;;;;/hT2. The first-order valence-corrected chi connectivity index (χ1v) is 22.6. The Balaban J connectivity index is -0.000000222. The number of piperidine rings is 3. The summed E-state index contributed by atoms with van der Waals surface area (Å²) in [4.78, 5) is 52.5. The van der Waals surface area contributed by atoms with Crippen molar-refractivity contribution in [1.82, 2.24) is 36.1 Å². The first kappa shape index (κ1) is 62.8. The number of Topliss-reactive ketones (excluding diaryl/α,β-unsaturated/α-hetero) is 1. The molecule has 7 heterocycles. The van der Waals surface area contributed by atoms with Crippen molar-refractivity contribution in [2.75, 3.05) is 57.5 Å². The normalized spacial score (nSPS) is 17.6. The molecule has 7 rings (SSSR count). The molecule has 3 saturated heterocycles. The number of thiol groups is 3. The smallest absolute Gasteiger partial charge is 0.872 e. The summed E-state index contributed by atoms with van der Waals surface area (Å²) in [5, 5.41) is 40.2. The Morgan fingerprint density at radius 2 is 1.27 bits per heavy atom. The zero-order valence-electron chi connectivity index (χ0n) is 41.2. The number of hydrogen-bond acceptors (Lipinski definition) is 14. The number of aromatic nitrogens is 2. The Kier molecular flexibility index (Phi) is 49.0. The quantitative estimate of drug-likeness (QED) is 0.0386. The largest absolute Gasteiger partial charge is 1.00 e. The molecule has 0 bridgehead atoms. The fourth-order valence-corrected chi connectivity index (χ4v) is 5.21. The summed E-state index contributed by atoms with van der Waals surface area (Å²) in [5.41, 5.74) is 1.48. The molecular formula is C42H65ClLi3N7O7S3. The Morgan fingerprint density at radius 1 is 0.762 bits per heavy atom. The molecule has 0 spiro atoms. The molecular weight excluding hydrogens is 867 g/mol. The van der Waals surface area contributed by atoms with Crippen LogP contribution in [0, 0.1) is 0 Å². The van der Waals surface area contributed by atoms with Crippen LogP contribution in [0.1, 0.15) is 101 Å². The third-order valence-electron chi connectivity index (χ3n) is 7.98. The summed E-state index contributed by atoms with van der Waals surface area (Å²) < 4.78 is 21.0. The number of carbonyl (C=O) groups is 4. The second-order valence-electron chi connectivity index (χ2n) is 12.3. The van der Waals surface area contributed by atoms with E-state index in [-0.39, 0.29) is 97.6 Å². The second kappa shape index (κ2) is 49.2. The molecule has 4 N–H and O–H groups in total. The number of ketones is 1. The first-order valence-electron chi connectivity index (χ1n) is 21.0. The van der Waals surface area contributed by atoms with Crippen molar-refractivity contribution in [3.8, 4) is 0 Å². The minimum Gasteiger partial charge on any atom is -0.872 e. The van der Waals surface area contributed by atoms with Gasteiger partial charge in [0.25, 0.3) is 0 Å². The van der Waals surface area contributed by atoms with E-state index in [0.29, 0.717) is 55.7 Å². The predicted octanol–water partition coefficient (Wildman–Crippen LogP) is -5.38. The number of carbonyl (C=O) groups excluding carboxylic acids is 4. The van der Waals surface area contributed by atoms with Gasteiger partial charge in [0.05, 0.1) is 7.22 Å². The molecule has 14 nitrogen and oxygen atoms in total. The third kappa shape index (κ3) is 36.6. The topological polar surface area (TPSA) is 215 Å². The molecule has 2 aromatic heterocycles. The van der Waals surface area contributed by atoms with Crippen LogP contribution in [0.5, 0.6) is 0 Å². The van der Waals surface area contributed by atoms with Crippen molar-refractivity contribution in [2.45, 2.75) is 84.0 Å². The fourth-order valence-electron chi connectivity index (χ4n) is 4.96. The summed E-state index contributed by atoms with van der Waals surface area (Å²) in [5.74, 6) is -1.08. The van der Waals surface area contributed by atoms with Gasteiger partial charge in [0.15, 0.2) is 8.61 Å². The van der Waals surface area contributed by atoms with Gasteiger partial charge in [-0.1, -0.05) is 24.0 Å². The van der Waals surface area contributed by atoms with Crippen molar-refractivity contribution in [3.63, 3.8) is 0 Å². The van der Waals surface area contributed by atoms with Crippen LogP contribution in [-0.4, -0.2) is 95.8 Å². The molecule has 338 valence electrons. The molecule has 2 aromatic rings. The Labute approximate surface area is 438 Å². The maximum Gasteiger partial charge on any atom is 1.00 e. The van der Waals surface area contributed by atoms with Crippen LogP contribution >= 0.6 is 49.5 Å². The van der Waals surface area contributed by atoms with Gasteiger partial charge in [0.1, 0.15) is 0 Å². The monoisotopic (exact) mass is 937 g/mol. The number of rotatable bonds is 3. The average molecular weight is 939 g/mol. The van der Waals surface area contributed by atoms with Crippen LogP contribution in [0.2, 0.25) is 2.82 Å². The predicted molar refractivity (Wildman–Crippen MR) is 246 cm³/mol. The van der Waals surface area contributed by atoms with Gasteiger partial charge in [-0.2, -0.15) is 37.9 Å². The molecule has 0 radical (unpaired) electrons. The van der Waals surface area contributed by atoms with Gasteiger partial charge in [0.2, 0.25) is 17.7 Å². The van der Waals surface area contributed by atoms with Crippen LogP contribution < -0.4 is 93.2 Å². The average Bonchev–Trinajstić information content (AvgIpc) is 3.32. The Hall–Kier alpha value is -2.27. The summed E-state index contributed by atoms with van der Waals surface area (Å²) in [6, 6.07) is 6.85. The minimum absolute atomic E-state index is 0. The van der Waals surface area contributed by atoms with E-state index in [2.05, 4.69) is 70.1 Å². The molecule has 5 aliphatic rings. The summed E-state index contributed by atoms with van der Waals surface area (Å²) in [6.45, 7) is 4.96. The van der Waals surface area contributed by atoms with Gasteiger partial charge in [-0.3, -0.25) is 29.1 Å². The van der Waals surface area contributed by atoms with Crippen LogP contribution in [0.3, 0.4) is 0 Å². The molecule has 0 aliphatic carbocycles. The summed E-state index contributed by atoms with van der Waals surface area (Å²) in [6.07, 6.45) is 24.7.